The number of alkyl halides is 2. The maximum Gasteiger partial charge on any atom is 0.352 e. The number of carbonyl (C=O) groups is 2. The third-order valence-corrected chi connectivity index (χ3v) is 10.5. The standard InChI is InChI=1S/C31H19Cl2F5N4O6/c1-48-14-7-8-18(43)16(11-14)19-15-9-10-39-28(46)40(13-5-3-2-4-6-13)29(47)42(39)17(15)12-30(32)26(44)41(27(45)31(19,30)33)25-23(37)21(35)20(34)22(36)24(25)38/h2-9,11,17,19,43H,10,12H2,1H3. The Labute approximate surface area is 275 Å². The number of nitrogens with zero attached hydrogens (tertiary/aromatic N) is 4. The zero-order valence-corrected chi connectivity index (χ0v) is 25.7. The summed E-state index contributed by atoms with van der Waals surface area (Å²) in [6.45, 7) is -0.285. The zero-order valence-electron chi connectivity index (χ0n) is 24.2. The van der Waals surface area contributed by atoms with Crippen LogP contribution in [0.5, 0.6) is 11.5 Å². The summed E-state index contributed by atoms with van der Waals surface area (Å²) in [5, 5.41) is 11.1. The number of methoxy groups -OCH3 is 1. The maximum atomic E-state index is 15.2. The van der Waals surface area contributed by atoms with Crippen LogP contribution in [0.4, 0.5) is 27.6 Å². The molecule has 7 rings (SSSR count). The van der Waals surface area contributed by atoms with Gasteiger partial charge in [0.2, 0.25) is 5.82 Å². The third kappa shape index (κ3) is 3.85. The van der Waals surface area contributed by atoms with Gasteiger partial charge >= 0.3 is 11.4 Å². The van der Waals surface area contributed by atoms with Crippen molar-refractivity contribution >= 4 is 40.7 Å². The number of fused-ring (bicyclic) bond motifs is 4. The zero-order chi connectivity index (χ0) is 34.6. The molecule has 0 bridgehead atoms. The van der Waals surface area contributed by atoms with Gasteiger partial charge in [0.15, 0.2) is 33.0 Å². The van der Waals surface area contributed by atoms with Crippen LogP contribution in [0.2, 0.25) is 0 Å². The molecule has 48 heavy (non-hydrogen) atoms. The van der Waals surface area contributed by atoms with Gasteiger partial charge in [-0.2, -0.15) is 0 Å². The summed E-state index contributed by atoms with van der Waals surface area (Å²) in [7, 11) is 1.28. The lowest BCUT2D eigenvalue weighted by molar-refractivity contribution is -0.122. The van der Waals surface area contributed by atoms with Crippen LogP contribution in [0.3, 0.4) is 0 Å². The van der Waals surface area contributed by atoms with Gasteiger partial charge in [0.05, 0.1) is 25.4 Å². The second kappa shape index (κ2) is 10.6. The molecule has 1 aromatic heterocycles. The Hall–Kier alpha value is -4.89. The number of imide groups is 1. The largest absolute Gasteiger partial charge is 0.508 e. The van der Waals surface area contributed by atoms with Crippen LogP contribution in [0.15, 0.2) is 69.8 Å². The van der Waals surface area contributed by atoms with Gasteiger partial charge in [-0.15, -0.1) is 23.2 Å². The Balaban J connectivity index is 1.52. The molecular formula is C31H19Cl2F5N4O6. The van der Waals surface area contributed by atoms with Gasteiger partial charge in [-0.05, 0) is 35.9 Å². The number of anilines is 1. The molecule has 1 aliphatic carbocycles. The molecule has 2 fully saturated rings. The van der Waals surface area contributed by atoms with Crippen LogP contribution in [0.1, 0.15) is 23.9 Å². The van der Waals surface area contributed by atoms with Crippen molar-refractivity contribution in [3.05, 3.63) is 116 Å². The number of aromatic hydroxyl groups is 1. The van der Waals surface area contributed by atoms with E-state index in [1.807, 2.05) is 0 Å². The van der Waals surface area contributed by atoms with E-state index in [0.29, 0.717) is 0 Å². The van der Waals surface area contributed by atoms with Crippen LogP contribution < -0.4 is 21.0 Å². The summed E-state index contributed by atoms with van der Waals surface area (Å²) < 4.78 is 81.2. The molecule has 3 heterocycles. The number of benzene rings is 3. The smallest absolute Gasteiger partial charge is 0.352 e. The number of hydrogen-bond acceptors (Lipinski definition) is 6. The van der Waals surface area contributed by atoms with Gasteiger partial charge in [-0.25, -0.2) is 50.4 Å². The molecule has 1 saturated carbocycles. The average molecular weight is 709 g/mol. The fourth-order valence-corrected chi connectivity index (χ4v) is 7.77. The van der Waals surface area contributed by atoms with Gasteiger partial charge in [0.1, 0.15) is 17.2 Å². The van der Waals surface area contributed by atoms with Crippen molar-refractivity contribution in [2.45, 2.75) is 34.7 Å². The Bertz CT molecular complexity index is 2230. The van der Waals surface area contributed by atoms with Crippen LogP contribution >= 0.6 is 23.2 Å². The number of phenols is 1. The second-order valence-electron chi connectivity index (χ2n) is 11.3. The normalized spacial score (nSPS) is 24.7. The molecule has 2 aliphatic heterocycles. The highest BCUT2D eigenvalue weighted by molar-refractivity contribution is 6.58. The van der Waals surface area contributed by atoms with Crippen molar-refractivity contribution in [3.8, 4) is 17.2 Å². The lowest BCUT2D eigenvalue weighted by atomic mass is 9.64. The number of ether oxygens (including phenoxy) is 1. The molecule has 17 heteroatoms. The summed E-state index contributed by atoms with van der Waals surface area (Å²) in [5.74, 6) is -17.9. The van der Waals surface area contributed by atoms with Gasteiger partial charge in [0, 0.05) is 17.9 Å². The molecule has 0 radical (unpaired) electrons. The van der Waals surface area contributed by atoms with E-state index in [2.05, 4.69) is 0 Å². The van der Waals surface area contributed by atoms with E-state index in [0.717, 1.165) is 20.0 Å². The second-order valence-corrected chi connectivity index (χ2v) is 12.6. The number of carbonyl (C=O) groups excluding carboxylic acids is 2. The highest BCUT2D eigenvalue weighted by Gasteiger charge is 2.76. The van der Waals surface area contributed by atoms with E-state index in [4.69, 9.17) is 27.9 Å². The number of allylic oxidation sites excluding steroid dienone is 2. The molecule has 4 unspecified atom stereocenters. The van der Waals surface area contributed by atoms with E-state index in [-0.39, 0.29) is 34.0 Å². The molecule has 0 spiro atoms. The van der Waals surface area contributed by atoms with E-state index in [1.165, 1.54) is 37.5 Å². The fourth-order valence-electron chi connectivity index (χ4n) is 6.86. The maximum absolute atomic E-state index is 15.2. The summed E-state index contributed by atoms with van der Waals surface area (Å²) in [6, 6.07) is 10.2. The number of halogens is 7. The number of hydrogen-bond donors (Lipinski definition) is 1. The molecule has 2 amide bonds. The number of phenolic OH excluding ortho intramolecular Hbond substituents is 1. The molecule has 3 aliphatic rings. The van der Waals surface area contributed by atoms with Gasteiger partial charge in [-0.1, -0.05) is 24.3 Å². The van der Waals surface area contributed by atoms with Crippen molar-refractivity contribution in [2.24, 2.45) is 0 Å². The number of aromatic nitrogens is 3. The third-order valence-electron chi connectivity index (χ3n) is 9.05. The topological polar surface area (TPSA) is 116 Å². The number of para-hydroxylation sites is 1. The fraction of sp³-hybridized carbons (Fsp3) is 0.226. The van der Waals surface area contributed by atoms with Crippen molar-refractivity contribution < 1.29 is 41.4 Å². The quantitative estimate of drug-likeness (QED) is 0.0839. The van der Waals surface area contributed by atoms with Crippen molar-refractivity contribution in [3.63, 3.8) is 0 Å². The van der Waals surface area contributed by atoms with Gasteiger partial charge in [-0.3, -0.25) is 9.59 Å². The van der Waals surface area contributed by atoms with E-state index in [9.17, 15) is 37.5 Å². The Morgan fingerprint density at radius 3 is 2.10 bits per heavy atom. The molecule has 248 valence electrons. The first-order chi connectivity index (χ1) is 22.7. The molecule has 1 saturated heterocycles. The first kappa shape index (κ1) is 31.7. The number of amides is 2. The SMILES string of the molecule is COc1ccc(O)c(C2C3=CCn4c(=O)n(-c5ccccc5)c(=O)n4C3CC3(Cl)C(=O)N(c4c(F)c(F)c(F)c(F)c4F)C(=O)C23Cl)c1. The van der Waals surface area contributed by atoms with Crippen LogP contribution in [-0.4, -0.2) is 47.7 Å². The van der Waals surface area contributed by atoms with Crippen molar-refractivity contribution in [1.82, 2.24) is 13.9 Å². The Morgan fingerprint density at radius 2 is 1.48 bits per heavy atom. The molecule has 10 nitrogen and oxygen atoms in total. The van der Waals surface area contributed by atoms with E-state index in [1.54, 1.807) is 18.2 Å². The molecule has 1 N–H and O–H groups in total. The lowest BCUT2D eigenvalue weighted by Gasteiger charge is -2.49. The monoisotopic (exact) mass is 708 g/mol. The van der Waals surface area contributed by atoms with Crippen LogP contribution in [0, 0.1) is 29.1 Å². The van der Waals surface area contributed by atoms with E-state index >= 15 is 8.78 Å². The summed E-state index contributed by atoms with van der Waals surface area (Å²) in [4.78, 5) is 50.1. The van der Waals surface area contributed by atoms with Gasteiger partial charge in [0.25, 0.3) is 11.8 Å². The first-order valence-electron chi connectivity index (χ1n) is 14.1. The Morgan fingerprint density at radius 1 is 0.854 bits per heavy atom. The predicted molar refractivity (Wildman–Crippen MR) is 159 cm³/mol. The minimum absolute atomic E-state index is 0.0811. The van der Waals surface area contributed by atoms with Crippen molar-refractivity contribution in [2.75, 3.05) is 12.0 Å². The van der Waals surface area contributed by atoms with Crippen LogP contribution in [-0.2, 0) is 16.1 Å². The lowest BCUT2D eigenvalue weighted by Crippen LogP contribution is -2.59. The molecule has 4 atom stereocenters. The molecular weight excluding hydrogens is 690 g/mol. The summed E-state index contributed by atoms with van der Waals surface area (Å²) in [5.41, 5.74) is -3.52. The summed E-state index contributed by atoms with van der Waals surface area (Å²) >= 11 is 14.1. The minimum Gasteiger partial charge on any atom is -0.508 e. The molecule has 3 aromatic carbocycles. The average Bonchev–Trinajstić information content (AvgIpc) is 3.42. The van der Waals surface area contributed by atoms with Gasteiger partial charge < -0.3 is 9.84 Å². The van der Waals surface area contributed by atoms with Crippen LogP contribution in [0.25, 0.3) is 5.69 Å². The van der Waals surface area contributed by atoms with Crippen molar-refractivity contribution in [1.29, 1.82) is 0 Å². The molecule has 4 aromatic rings. The Kier molecular flexibility index (Phi) is 6.97. The highest BCUT2D eigenvalue weighted by atomic mass is 35.5. The number of rotatable bonds is 4. The highest BCUT2D eigenvalue weighted by Crippen LogP contribution is 2.65. The first-order valence-corrected chi connectivity index (χ1v) is 14.8. The minimum atomic E-state index is -2.81. The predicted octanol–water partition coefficient (Wildman–Crippen LogP) is 4.41. The van der Waals surface area contributed by atoms with E-state index < -0.39 is 91.8 Å². The summed E-state index contributed by atoms with van der Waals surface area (Å²) in [6.07, 6.45) is 0.642.